The van der Waals surface area contributed by atoms with Crippen molar-refractivity contribution in [2.75, 3.05) is 19.6 Å². The number of hydrogen-bond acceptors (Lipinski definition) is 3. The number of piperidine rings is 1. The van der Waals surface area contributed by atoms with E-state index in [0.29, 0.717) is 19.6 Å². The first-order valence-corrected chi connectivity index (χ1v) is 7.55. The highest BCUT2D eigenvalue weighted by Gasteiger charge is 2.41. The first-order valence-electron chi connectivity index (χ1n) is 7.55. The zero-order chi connectivity index (χ0) is 15.3. The summed E-state index contributed by atoms with van der Waals surface area (Å²) in [5.41, 5.74) is 1.09. The molecule has 2 heterocycles. The second kappa shape index (κ2) is 7.31. The summed E-state index contributed by atoms with van der Waals surface area (Å²) in [6, 6.07) is 1.98. The average Bonchev–Trinajstić information content (AvgIpc) is 2.86. The van der Waals surface area contributed by atoms with Gasteiger partial charge in [-0.05, 0) is 45.0 Å². The smallest absolute Gasteiger partial charge is 0.391 e. The molecule has 1 aliphatic heterocycles. The molecule has 1 aromatic rings. The summed E-state index contributed by atoms with van der Waals surface area (Å²) >= 11 is 0. The Morgan fingerprint density at radius 1 is 1.33 bits per heavy atom. The van der Waals surface area contributed by atoms with Crippen LogP contribution < -0.4 is 5.32 Å². The Morgan fingerprint density at radius 3 is 2.67 bits per heavy atom. The SMILES string of the molecule is CCCNCc1coc(CN2CCC(C(F)(F)F)CC2)c1. The third-order valence-corrected chi connectivity index (χ3v) is 3.89. The minimum absolute atomic E-state index is 0.190. The molecule has 1 saturated heterocycles. The molecule has 0 amide bonds. The molecule has 120 valence electrons. The van der Waals surface area contributed by atoms with E-state index in [2.05, 4.69) is 12.2 Å². The predicted octanol–water partition coefficient (Wildman–Crippen LogP) is 3.55. The number of likely N-dealkylation sites (tertiary alicyclic amines) is 1. The number of halogens is 3. The summed E-state index contributed by atoms with van der Waals surface area (Å²) < 4.78 is 43.3. The lowest BCUT2D eigenvalue weighted by Crippen LogP contribution is -2.38. The van der Waals surface area contributed by atoms with Gasteiger partial charge in [-0.25, -0.2) is 0 Å². The van der Waals surface area contributed by atoms with E-state index in [1.807, 2.05) is 11.0 Å². The first kappa shape index (κ1) is 16.4. The molecule has 3 nitrogen and oxygen atoms in total. The maximum atomic E-state index is 12.6. The summed E-state index contributed by atoms with van der Waals surface area (Å²) in [6.07, 6.45) is -0.863. The van der Waals surface area contributed by atoms with Crippen LogP contribution in [0.5, 0.6) is 0 Å². The molecule has 6 heteroatoms. The molecular weight excluding hydrogens is 281 g/mol. The van der Waals surface area contributed by atoms with E-state index >= 15 is 0 Å². The van der Waals surface area contributed by atoms with Crippen LogP contribution in [0.2, 0.25) is 0 Å². The number of nitrogens with one attached hydrogen (secondary N) is 1. The molecule has 1 N–H and O–H groups in total. The highest BCUT2D eigenvalue weighted by Crippen LogP contribution is 2.34. The number of alkyl halides is 3. The highest BCUT2D eigenvalue weighted by atomic mass is 19.4. The van der Waals surface area contributed by atoms with Crippen molar-refractivity contribution >= 4 is 0 Å². The molecule has 0 atom stereocenters. The quantitative estimate of drug-likeness (QED) is 0.815. The summed E-state index contributed by atoms with van der Waals surface area (Å²) in [5.74, 6) is -0.312. The monoisotopic (exact) mass is 304 g/mol. The van der Waals surface area contributed by atoms with Gasteiger partial charge in [-0.3, -0.25) is 4.90 Å². The second-order valence-corrected chi connectivity index (χ2v) is 5.69. The summed E-state index contributed by atoms with van der Waals surface area (Å²) in [6.45, 7) is 5.40. The van der Waals surface area contributed by atoms with E-state index in [4.69, 9.17) is 4.42 Å². The minimum Gasteiger partial charge on any atom is -0.468 e. The van der Waals surface area contributed by atoms with Gasteiger partial charge in [-0.2, -0.15) is 13.2 Å². The molecule has 0 aromatic carbocycles. The molecule has 0 radical (unpaired) electrons. The van der Waals surface area contributed by atoms with Gasteiger partial charge in [0, 0.05) is 12.1 Å². The van der Waals surface area contributed by atoms with E-state index in [1.165, 1.54) is 0 Å². The second-order valence-electron chi connectivity index (χ2n) is 5.69. The fourth-order valence-corrected chi connectivity index (χ4v) is 2.65. The molecule has 2 rings (SSSR count). The number of rotatable bonds is 6. The Labute approximate surface area is 123 Å². The average molecular weight is 304 g/mol. The number of nitrogens with zero attached hydrogens (tertiary/aromatic N) is 1. The van der Waals surface area contributed by atoms with Gasteiger partial charge in [0.25, 0.3) is 0 Å². The van der Waals surface area contributed by atoms with Gasteiger partial charge in [0.15, 0.2) is 0 Å². The molecule has 0 spiro atoms. The summed E-state index contributed by atoms with van der Waals surface area (Å²) in [5, 5.41) is 3.29. The van der Waals surface area contributed by atoms with Crippen molar-refractivity contribution in [3.63, 3.8) is 0 Å². The molecule has 21 heavy (non-hydrogen) atoms. The Morgan fingerprint density at radius 2 is 2.05 bits per heavy atom. The first-order chi connectivity index (χ1) is 9.99. The lowest BCUT2D eigenvalue weighted by atomic mass is 9.96. The Kier molecular flexibility index (Phi) is 5.70. The molecule has 1 aromatic heterocycles. The maximum absolute atomic E-state index is 12.6. The molecule has 0 saturated carbocycles. The Bertz CT molecular complexity index is 423. The highest BCUT2D eigenvalue weighted by molar-refractivity contribution is 5.12. The van der Waals surface area contributed by atoms with Crippen LogP contribution in [0.15, 0.2) is 16.7 Å². The third kappa shape index (κ3) is 5.04. The van der Waals surface area contributed by atoms with E-state index < -0.39 is 12.1 Å². The van der Waals surface area contributed by atoms with Crippen molar-refractivity contribution in [3.05, 3.63) is 23.7 Å². The summed E-state index contributed by atoms with van der Waals surface area (Å²) in [4.78, 5) is 2.03. The minimum atomic E-state index is -4.05. The normalized spacial score (nSPS) is 18.3. The maximum Gasteiger partial charge on any atom is 0.391 e. The van der Waals surface area contributed by atoms with Gasteiger partial charge in [0.2, 0.25) is 0 Å². The van der Waals surface area contributed by atoms with E-state index in [0.717, 1.165) is 30.8 Å². The topological polar surface area (TPSA) is 28.4 Å². The van der Waals surface area contributed by atoms with Crippen LogP contribution in [-0.2, 0) is 13.1 Å². The summed E-state index contributed by atoms with van der Waals surface area (Å²) in [7, 11) is 0. The van der Waals surface area contributed by atoms with Crippen molar-refractivity contribution < 1.29 is 17.6 Å². The van der Waals surface area contributed by atoms with Gasteiger partial charge in [-0.1, -0.05) is 6.92 Å². The molecule has 1 aliphatic rings. The van der Waals surface area contributed by atoms with Crippen molar-refractivity contribution in [3.8, 4) is 0 Å². The number of furan rings is 1. The third-order valence-electron chi connectivity index (χ3n) is 3.89. The van der Waals surface area contributed by atoms with Crippen LogP contribution in [0.25, 0.3) is 0 Å². The fourth-order valence-electron chi connectivity index (χ4n) is 2.65. The van der Waals surface area contributed by atoms with E-state index in [1.54, 1.807) is 6.26 Å². The number of hydrogen-bond donors (Lipinski definition) is 1. The van der Waals surface area contributed by atoms with Gasteiger partial charge in [0.1, 0.15) is 5.76 Å². The Balaban J connectivity index is 1.76. The van der Waals surface area contributed by atoms with Crippen LogP contribution in [0, 0.1) is 5.92 Å². The van der Waals surface area contributed by atoms with Crippen LogP contribution >= 0.6 is 0 Å². The predicted molar refractivity (Wildman–Crippen MR) is 74.8 cm³/mol. The zero-order valence-corrected chi connectivity index (χ0v) is 12.4. The molecular formula is C15H23F3N2O. The van der Waals surface area contributed by atoms with Crippen molar-refractivity contribution in [2.45, 2.75) is 45.5 Å². The largest absolute Gasteiger partial charge is 0.468 e. The van der Waals surface area contributed by atoms with E-state index in [-0.39, 0.29) is 12.8 Å². The van der Waals surface area contributed by atoms with Crippen molar-refractivity contribution in [1.82, 2.24) is 10.2 Å². The lowest BCUT2D eigenvalue weighted by molar-refractivity contribution is -0.185. The lowest BCUT2D eigenvalue weighted by Gasteiger charge is -2.32. The molecule has 1 fully saturated rings. The van der Waals surface area contributed by atoms with Crippen molar-refractivity contribution in [1.29, 1.82) is 0 Å². The van der Waals surface area contributed by atoms with Crippen LogP contribution in [0.1, 0.15) is 37.5 Å². The molecule has 0 aliphatic carbocycles. The van der Waals surface area contributed by atoms with Gasteiger partial charge in [-0.15, -0.1) is 0 Å². The van der Waals surface area contributed by atoms with Gasteiger partial charge < -0.3 is 9.73 Å². The zero-order valence-electron chi connectivity index (χ0n) is 12.4. The van der Waals surface area contributed by atoms with Crippen LogP contribution in [-0.4, -0.2) is 30.7 Å². The van der Waals surface area contributed by atoms with Crippen molar-refractivity contribution in [2.24, 2.45) is 5.92 Å². The van der Waals surface area contributed by atoms with Gasteiger partial charge in [0.05, 0.1) is 18.7 Å². The van der Waals surface area contributed by atoms with E-state index in [9.17, 15) is 13.2 Å². The fraction of sp³-hybridized carbons (Fsp3) is 0.733. The Hall–Kier alpha value is -1.01. The van der Waals surface area contributed by atoms with Crippen LogP contribution in [0.3, 0.4) is 0 Å². The standard InChI is InChI=1S/C15H23F3N2O/c1-2-5-19-9-12-8-14(21-11-12)10-20-6-3-13(4-7-20)15(16,17)18/h8,11,13,19H,2-7,9-10H2,1H3. The van der Waals surface area contributed by atoms with Crippen LogP contribution in [0.4, 0.5) is 13.2 Å². The molecule has 0 unspecified atom stereocenters. The van der Waals surface area contributed by atoms with Gasteiger partial charge >= 0.3 is 6.18 Å². The molecule has 0 bridgehead atoms.